The van der Waals surface area contributed by atoms with Gasteiger partial charge in [-0.05, 0) is 31.2 Å². The lowest BCUT2D eigenvalue weighted by Crippen LogP contribution is -2.02. The number of hydrogen-bond acceptors (Lipinski definition) is 7. The van der Waals surface area contributed by atoms with Crippen LogP contribution in [-0.2, 0) is 15.4 Å². The first-order chi connectivity index (χ1) is 9.60. The van der Waals surface area contributed by atoms with Crippen molar-refractivity contribution >= 4 is 33.3 Å². The third-order valence-electron chi connectivity index (χ3n) is 2.34. The quantitative estimate of drug-likeness (QED) is 0.518. The van der Waals surface area contributed by atoms with Crippen molar-refractivity contribution in [1.82, 2.24) is 0 Å². The first kappa shape index (κ1) is 14.2. The van der Waals surface area contributed by atoms with Crippen molar-refractivity contribution in [2.24, 2.45) is 10.2 Å². The number of nitrogens with zero attached hydrogens (tertiary/aromatic N) is 2. The summed E-state index contributed by atoms with van der Waals surface area (Å²) in [6.07, 6.45) is 0. The molecule has 1 heterocycles. The first-order valence-electron chi connectivity index (χ1n) is 5.80. The van der Waals surface area contributed by atoms with Crippen LogP contribution < -0.4 is 0 Å². The van der Waals surface area contributed by atoms with Crippen molar-refractivity contribution < 1.29 is 22.4 Å². The maximum Gasteiger partial charge on any atom is 0.374 e. The second kappa shape index (κ2) is 6.29. The Morgan fingerprint density at radius 1 is 1.35 bits per heavy atom. The Morgan fingerprint density at radius 2 is 2.15 bits per heavy atom. The molecule has 0 bridgehead atoms. The molecule has 0 aliphatic carbocycles. The van der Waals surface area contributed by atoms with Gasteiger partial charge >= 0.3 is 5.97 Å². The lowest BCUT2D eigenvalue weighted by molar-refractivity contribution is 0.0492. The molecule has 0 N–H and O–H groups in total. The Balaban J connectivity index is 2.25. The number of hydrogen-bond donors (Lipinski definition) is 1. The topological polar surface area (TPSA) is 98.3 Å². The summed E-state index contributed by atoms with van der Waals surface area (Å²) in [5.74, 6) is -0.777. The Bertz CT molecular complexity index is 725. The van der Waals surface area contributed by atoms with Gasteiger partial charge in [-0.15, -0.1) is 0 Å². The summed E-state index contributed by atoms with van der Waals surface area (Å²) in [5.41, 5.74) is 0.993. The van der Waals surface area contributed by atoms with E-state index in [-0.39, 0.29) is 18.2 Å². The number of benzene rings is 1. The molecule has 2 rings (SSSR count). The van der Waals surface area contributed by atoms with E-state index in [9.17, 15) is 13.2 Å². The molecule has 20 heavy (non-hydrogen) atoms. The maximum absolute atomic E-state index is 11.5. The molecule has 0 unspecified atom stereocenters. The molecule has 8 heteroatoms. The number of azo groups is 1. The van der Waals surface area contributed by atoms with Crippen LogP contribution in [0.1, 0.15) is 17.5 Å². The molecule has 0 amide bonds. The van der Waals surface area contributed by atoms with E-state index >= 15 is 0 Å². The first-order valence-corrected chi connectivity index (χ1v) is 7.16. The van der Waals surface area contributed by atoms with Gasteiger partial charge in [-0.2, -0.15) is 10.2 Å². The smallest absolute Gasteiger partial charge is 0.374 e. The van der Waals surface area contributed by atoms with Crippen LogP contribution in [0.15, 0.2) is 38.9 Å². The van der Waals surface area contributed by atoms with Crippen molar-refractivity contribution in [1.29, 1.82) is 0 Å². The molecule has 2 aromatic rings. The fraction of sp³-hybridized carbons (Fsp3) is 0.250. The number of thiol groups is 1. The highest BCUT2D eigenvalue weighted by Gasteiger charge is 2.13. The van der Waals surface area contributed by atoms with Gasteiger partial charge < -0.3 is 9.15 Å². The number of fused-ring (bicyclic) bond motifs is 1. The number of esters is 1. The van der Waals surface area contributed by atoms with Gasteiger partial charge in [0.25, 0.3) is 0 Å². The summed E-state index contributed by atoms with van der Waals surface area (Å²) in [6, 6.07) is 6.43. The average Bonchev–Trinajstić information content (AvgIpc) is 2.81. The van der Waals surface area contributed by atoms with Crippen LogP contribution >= 0.6 is 0 Å². The Hall–Kier alpha value is -2.22. The van der Waals surface area contributed by atoms with E-state index in [1.807, 2.05) is 0 Å². The van der Waals surface area contributed by atoms with Crippen LogP contribution in [-0.4, -0.2) is 26.9 Å². The zero-order chi connectivity index (χ0) is 14.5. The van der Waals surface area contributed by atoms with Crippen LogP contribution in [0.25, 0.3) is 11.0 Å². The predicted octanol–water partition coefficient (Wildman–Crippen LogP) is 2.26. The van der Waals surface area contributed by atoms with E-state index < -0.39 is 16.7 Å². The summed E-state index contributed by atoms with van der Waals surface area (Å²) >= 11 is 0. The zero-order valence-electron chi connectivity index (χ0n) is 10.6. The Morgan fingerprint density at radius 3 is 2.85 bits per heavy atom. The number of carbonyl (C=O) groups excluding carboxylic acids is 1. The number of rotatable bonds is 5. The van der Waals surface area contributed by atoms with Gasteiger partial charge in [0, 0.05) is 5.39 Å². The minimum atomic E-state index is -2.58. The number of carbonyl (C=O) groups is 1. The molecule has 0 spiro atoms. The standard InChI is InChI=1S/C12H12N2O5S/c1-2-18-12(15)11-6-8-5-9(3-4-10(8)19-11)14-13-7-20(16)17/h3-6,20H,2,7H2,1H3. The van der Waals surface area contributed by atoms with Crippen molar-refractivity contribution in [3.63, 3.8) is 0 Å². The molecule has 0 aliphatic heterocycles. The molecule has 1 aromatic carbocycles. The Labute approximate surface area is 116 Å². The molecule has 7 nitrogen and oxygen atoms in total. The van der Waals surface area contributed by atoms with Crippen molar-refractivity contribution in [2.45, 2.75) is 6.92 Å². The third kappa shape index (κ3) is 3.41. The summed E-state index contributed by atoms with van der Waals surface area (Å²) in [5, 5.41) is 7.96. The van der Waals surface area contributed by atoms with Crippen molar-refractivity contribution in [3.8, 4) is 0 Å². The van der Waals surface area contributed by atoms with Crippen LogP contribution in [0, 0.1) is 0 Å². The molecule has 1 aromatic heterocycles. The zero-order valence-corrected chi connectivity index (χ0v) is 11.5. The van der Waals surface area contributed by atoms with Crippen molar-refractivity contribution in [2.75, 3.05) is 12.5 Å². The van der Waals surface area contributed by atoms with Gasteiger partial charge in [-0.25, -0.2) is 13.2 Å². The SMILES string of the molecule is CCOC(=O)c1cc2cc(N=NC[SH](=O)=O)ccc2o1. The number of ether oxygens (including phenoxy) is 1. The minimum Gasteiger partial charge on any atom is -0.460 e. The lowest BCUT2D eigenvalue weighted by Gasteiger charge is -1.95. The minimum absolute atomic E-state index is 0.110. The summed E-state index contributed by atoms with van der Waals surface area (Å²) in [4.78, 5) is 11.5. The highest BCUT2D eigenvalue weighted by Crippen LogP contribution is 2.25. The van der Waals surface area contributed by atoms with Gasteiger partial charge in [0.2, 0.25) is 5.76 Å². The molecular formula is C12H12N2O5S. The predicted molar refractivity (Wildman–Crippen MR) is 71.9 cm³/mol. The molecule has 0 saturated heterocycles. The second-order valence-electron chi connectivity index (χ2n) is 3.77. The van der Waals surface area contributed by atoms with Gasteiger partial charge in [-0.3, -0.25) is 0 Å². The molecular weight excluding hydrogens is 284 g/mol. The summed E-state index contributed by atoms with van der Waals surface area (Å²) in [7, 11) is -2.58. The van der Waals surface area contributed by atoms with Gasteiger partial charge in [0.05, 0.1) is 12.3 Å². The van der Waals surface area contributed by atoms with Crippen LogP contribution in [0.2, 0.25) is 0 Å². The Kier molecular flexibility index (Phi) is 4.46. The lowest BCUT2D eigenvalue weighted by atomic mass is 10.2. The van der Waals surface area contributed by atoms with Crippen molar-refractivity contribution in [3.05, 3.63) is 30.0 Å². The van der Waals surface area contributed by atoms with E-state index in [4.69, 9.17) is 9.15 Å². The monoisotopic (exact) mass is 296 g/mol. The number of furan rings is 1. The van der Waals surface area contributed by atoms with E-state index in [1.54, 1.807) is 31.2 Å². The van der Waals surface area contributed by atoms with E-state index in [0.717, 1.165) is 0 Å². The molecule has 106 valence electrons. The van der Waals surface area contributed by atoms with Gasteiger partial charge in [-0.1, -0.05) is 0 Å². The van der Waals surface area contributed by atoms with Gasteiger partial charge in [0.1, 0.15) is 5.58 Å². The fourth-order valence-corrected chi connectivity index (χ4v) is 1.73. The molecule has 0 radical (unpaired) electrons. The van der Waals surface area contributed by atoms with E-state index in [2.05, 4.69) is 10.2 Å². The second-order valence-corrected chi connectivity index (χ2v) is 4.72. The summed E-state index contributed by atoms with van der Waals surface area (Å²) < 4.78 is 30.9. The highest BCUT2D eigenvalue weighted by molar-refractivity contribution is 7.72. The molecule has 0 aliphatic rings. The van der Waals surface area contributed by atoms with Crippen LogP contribution in [0.4, 0.5) is 5.69 Å². The third-order valence-corrected chi connectivity index (χ3v) is 2.70. The van der Waals surface area contributed by atoms with Crippen LogP contribution in [0.5, 0.6) is 0 Å². The largest absolute Gasteiger partial charge is 0.460 e. The summed E-state index contributed by atoms with van der Waals surface area (Å²) in [6.45, 7) is 1.97. The van der Waals surface area contributed by atoms with E-state index in [1.165, 1.54) is 0 Å². The fourth-order valence-electron chi connectivity index (χ4n) is 1.56. The van der Waals surface area contributed by atoms with E-state index in [0.29, 0.717) is 16.7 Å². The highest BCUT2D eigenvalue weighted by atomic mass is 32.2. The molecule has 0 fully saturated rings. The molecule has 0 saturated carbocycles. The van der Waals surface area contributed by atoms with Crippen LogP contribution in [0.3, 0.4) is 0 Å². The average molecular weight is 296 g/mol. The van der Waals surface area contributed by atoms with Gasteiger partial charge in [0.15, 0.2) is 16.6 Å². The normalized spacial score (nSPS) is 11.5. The maximum atomic E-state index is 11.5. The molecule has 0 atom stereocenters.